The second-order valence-corrected chi connectivity index (χ2v) is 7.35. The Kier molecular flexibility index (Phi) is 6.29. The lowest BCUT2D eigenvalue weighted by Crippen LogP contribution is -2.38. The summed E-state index contributed by atoms with van der Waals surface area (Å²) in [6.07, 6.45) is 4.38. The number of nitrogens with zero attached hydrogens (tertiary/aromatic N) is 3. The van der Waals surface area contributed by atoms with Crippen LogP contribution < -0.4 is 5.32 Å². The Hall–Kier alpha value is -2.89. The second kappa shape index (κ2) is 8.87. The molecule has 6 heteroatoms. The molecule has 1 aliphatic heterocycles. The lowest BCUT2D eigenvalue weighted by Gasteiger charge is -2.27. The highest BCUT2D eigenvalue weighted by atomic mass is 16.2. The summed E-state index contributed by atoms with van der Waals surface area (Å²) in [6.45, 7) is 9.23. The maximum absolute atomic E-state index is 13.4. The minimum absolute atomic E-state index is 0.0160. The van der Waals surface area contributed by atoms with Crippen LogP contribution in [0.2, 0.25) is 0 Å². The summed E-state index contributed by atoms with van der Waals surface area (Å²) in [4.78, 5) is 32.3. The van der Waals surface area contributed by atoms with Gasteiger partial charge in [0.2, 0.25) is 0 Å². The summed E-state index contributed by atoms with van der Waals surface area (Å²) in [5.74, 6) is -0.0170. The van der Waals surface area contributed by atoms with Crippen molar-refractivity contribution in [2.24, 2.45) is 0 Å². The number of hydrogen-bond acceptors (Lipinski definition) is 3. The molecule has 0 spiro atoms. The average Bonchev–Trinajstić information content (AvgIpc) is 3.10. The number of imidazole rings is 1. The van der Waals surface area contributed by atoms with E-state index in [1.54, 1.807) is 6.08 Å². The van der Waals surface area contributed by atoms with Gasteiger partial charge >= 0.3 is 0 Å². The molecule has 6 nitrogen and oxygen atoms in total. The van der Waals surface area contributed by atoms with Crippen molar-refractivity contribution < 1.29 is 9.59 Å². The average molecular weight is 380 g/mol. The van der Waals surface area contributed by atoms with Gasteiger partial charge in [-0.3, -0.25) is 9.59 Å². The zero-order chi connectivity index (χ0) is 20.1. The Morgan fingerprint density at radius 2 is 2.04 bits per heavy atom. The van der Waals surface area contributed by atoms with Crippen molar-refractivity contribution in [3.8, 4) is 0 Å². The molecule has 2 aromatic rings. The molecule has 0 radical (unpaired) electrons. The van der Waals surface area contributed by atoms with Crippen molar-refractivity contribution >= 4 is 11.8 Å². The van der Waals surface area contributed by atoms with E-state index in [4.69, 9.17) is 0 Å². The van der Waals surface area contributed by atoms with E-state index in [1.165, 1.54) is 0 Å². The predicted octanol–water partition coefficient (Wildman–Crippen LogP) is 3.19. The summed E-state index contributed by atoms with van der Waals surface area (Å²) in [7, 11) is 0. The van der Waals surface area contributed by atoms with E-state index < -0.39 is 0 Å². The highest BCUT2D eigenvalue weighted by molar-refractivity contribution is 5.97. The molecule has 0 bridgehead atoms. The van der Waals surface area contributed by atoms with Crippen LogP contribution in [0.4, 0.5) is 0 Å². The summed E-state index contributed by atoms with van der Waals surface area (Å²) in [6, 6.07) is 9.94. The summed E-state index contributed by atoms with van der Waals surface area (Å²) in [5.41, 5.74) is 2.30. The first-order valence-corrected chi connectivity index (χ1v) is 9.86. The van der Waals surface area contributed by atoms with E-state index in [-0.39, 0.29) is 17.9 Å². The fraction of sp³-hybridized carbons (Fsp3) is 0.409. The number of carbonyl (C=O) groups is 2. The van der Waals surface area contributed by atoms with Gasteiger partial charge in [0, 0.05) is 25.7 Å². The van der Waals surface area contributed by atoms with E-state index >= 15 is 0 Å². The van der Waals surface area contributed by atoms with Gasteiger partial charge in [0.1, 0.15) is 5.69 Å². The van der Waals surface area contributed by atoms with Crippen molar-refractivity contribution in [3.05, 3.63) is 65.8 Å². The molecule has 148 valence electrons. The van der Waals surface area contributed by atoms with Crippen LogP contribution in [0.5, 0.6) is 0 Å². The first kappa shape index (κ1) is 19.9. The van der Waals surface area contributed by atoms with Gasteiger partial charge in [-0.25, -0.2) is 4.98 Å². The van der Waals surface area contributed by atoms with Crippen molar-refractivity contribution in [3.63, 3.8) is 0 Å². The van der Waals surface area contributed by atoms with Crippen LogP contribution in [-0.4, -0.2) is 38.9 Å². The van der Waals surface area contributed by atoms with Gasteiger partial charge in [0.05, 0.1) is 5.69 Å². The topological polar surface area (TPSA) is 67.2 Å². The molecule has 1 N–H and O–H groups in total. The maximum Gasteiger partial charge on any atom is 0.290 e. The summed E-state index contributed by atoms with van der Waals surface area (Å²) < 4.78 is 1.94. The van der Waals surface area contributed by atoms with Crippen molar-refractivity contribution in [2.45, 2.75) is 52.2 Å². The number of rotatable bonds is 7. The van der Waals surface area contributed by atoms with Crippen LogP contribution >= 0.6 is 0 Å². The number of aromatic nitrogens is 2. The van der Waals surface area contributed by atoms with Crippen LogP contribution in [0.3, 0.4) is 0 Å². The second-order valence-electron chi connectivity index (χ2n) is 7.35. The third-order valence-corrected chi connectivity index (χ3v) is 5.01. The van der Waals surface area contributed by atoms with E-state index in [2.05, 4.69) is 16.9 Å². The zero-order valence-corrected chi connectivity index (χ0v) is 16.6. The van der Waals surface area contributed by atoms with Crippen molar-refractivity contribution in [1.82, 2.24) is 19.8 Å². The number of hydrogen-bond donors (Lipinski definition) is 1. The van der Waals surface area contributed by atoms with Gasteiger partial charge in [0.15, 0.2) is 5.82 Å². The largest absolute Gasteiger partial charge is 0.347 e. The number of nitrogens with one attached hydrogen (secondary N) is 1. The van der Waals surface area contributed by atoms with Crippen LogP contribution in [0.1, 0.15) is 59.1 Å². The van der Waals surface area contributed by atoms with Crippen molar-refractivity contribution in [2.75, 3.05) is 6.54 Å². The number of carbonyl (C=O) groups excluding carboxylic acids is 2. The van der Waals surface area contributed by atoms with E-state index in [1.807, 2.05) is 53.6 Å². The smallest absolute Gasteiger partial charge is 0.290 e. The molecule has 0 saturated heterocycles. The number of benzene rings is 1. The first-order chi connectivity index (χ1) is 13.5. The molecule has 0 atom stereocenters. The highest BCUT2D eigenvalue weighted by Gasteiger charge is 2.30. The Labute approximate surface area is 166 Å². The van der Waals surface area contributed by atoms with Crippen LogP contribution in [0.25, 0.3) is 0 Å². The third kappa shape index (κ3) is 4.16. The summed E-state index contributed by atoms with van der Waals surface area (Å²) >= 11 is 0. The van der Waals surface area contributed by atoms with Crippen LogP contribution in [0, 0.1) is 0 Å². The molecule has 28 heavy (non-hydrogen) atoms. The van der Waals surface area contributed by atoms with Crippen LogP contribution in [-0.2, 0) is 19.5 Å². The highest BCUT2D eigenvalue weighted by Crippen LogP contribution is 2.23. The fourth-order valence-electron chi connectivity index (χ4n) is 3.53. The zero-order valence-electron chi connectivity index (χ0n) is 16.6. The van der Waals surface area contributed by atoms with Crippen LogP contribution in [0.15, 0.2) is 43.0 Å². The molecule has 1 aliphatic rings. The number of fused-ring (bicyclic) bond motifs is 1. The van der Waals surface area contributed by atoms with E-state index in [0.717, 1.165) is 37.1 Å². The van der Waals surface area contributed by atoms with Gasteiger partial charge in [-0.2, -0.15) is 0 Å². The lowest BCUT2D eigenvalue weighted by molar-refractivity contribution is 0.0671. The molecule has 3 rings (SSSR count). The molecule has 1 aromatic heterocycles. The first-order valence-electron chi connectivity index (χ1n) is 9.86. The monoisotopic (exact) mass is 380 g/mol. The summed E-state index contributed by atoms with van der Waals surface area (Å²) in [5, 5.41) is 2.79. The molecule has 0 fully saturated rings. The van der Waals surface area contributed by atoms with Crippen molar-refractivity contribution in [1.29, 1.82) is 0 Å². The Bertz CT molecular complexity index is 855. The Morgan fingerprint density at radius 1 is 1.29 bits per heavy atom. The molecule has 0 saturated carbocycles. The molecule has 2 amide bonds. The predicted molar refractivity (Wildman–Crippen MR) is 109 cm³/mol. The van der Waals surface area contributed by atoms with E-state index in [9.17, 15) is 9.59 Å². The lowest BCUT2D eigenvalue weighted by atomic mass is 10.1. The quantitative estimate of drug-likeness (QED) is 0.750. The van der Waals surface area contributed by atoms with Gasteiger partial charge < -0.3 is 14.8 Å². The molecular formula is C22H28N4O2. The van der Waals surface area contributed by atoms with E-state index in [0.29, 0.717) is 24.6 Å². The minimum atomic E-state index is -0.247. The molecule has 0 aliphatic carbocycles. The molecular weight excluding hydrogens is 352 g/mol. The normalized spacial score (nSPS) is 13.1. The fourth-order valence-corrected chi connectivity index (χ4v) is 3.53. The number of amides is 2. The van der Waals surface area contributed by atoms with Gasteiger partial charge in [-0.05, 0) is 38.7 Å². The molecule has 1 aromatic carbocycles. The van der Waals surface area contributed by atoms with Gasteiger partial charge in [-0.1, -0.05) is 36.4 Å². The SMILES string of the molecule is C=CCNC(=O)c1nc(C(=O)N(Cc2ccccc2)C(C)C)n2c1CCCC2. The van der Waals surface area contributed by atoms with Gasteiger partial charge in [0.25, 0.3) is 11.8 Å². The Balaban J connectivity index is 1.94. The van der Waals surface area contributed by atoms with Gasteiger partial charge in [-0.15, -0.1) is 6.58 Å². The molecule has 0 unspecified atom stereocenters. The third-order valence-electron chi connectivity index (χ3n) is 5.01. The minimum Gasteiger partial charge on any atom is -0.347 e. The standard InChI is InChI=1S/C22H28N4O2/c1-4-13-23-21(27)19-18-12-8-9-14-25(18)20(24-19)22(28)26(16(2)3)15-17-10-6-5-7-11-17/h4-7,10-11,16H,1,8-9,12-15H2,2-3H3,(H,23,27). The maximum atomic E-state index is 13.4. The molecule has 2 heterocycles. The Morgan fingerprint density at radius 3 is 2.71 bits per heavy atom.